The molecule has 8 heteroatoms. The highest BCUT2D eigenvalue weighted by atomic mass is 19.4. The minimum atomic E-state index is -4.58. The van der Waals surface area contributed by atoms with Gasteiger partial charge >= 0.3 is 12.1 Å². The van der Waals surface area contributed by atoms with Gasteiger partial charge in [-0.1, -0.05) is 24.3 Å². The summed E-state index contributed by atoms with van der Waals surface area (Å²) in [6.07, 6.45) is -4.94. The number of anilines is 1. The molecule has 2 aromatic carbocycles. The third-order valence-corrected chi connectivity index (χ3v) is 4.17. The summed E-state index contributed by atoms with van der Waals surface area (Å²) in [5, 5.41) is 11.6. The van der Waals surface area contributed by atoms with Crippen LogP contribution in [0.25, 0.3) is 0 Å². The maximum Gasteiger partial charge on any atom is 0.416 e. The summed E-state index contributed by atoms with van der Waals surface area (Å²) in [5.74, 6) is -3.38. The number of carboxylic acids is 1. The van der Waals surface area contributed by atoms with E-state index in [2.05, 4.69) is 5.32 Å². The number of hydrogen-bond donors (Lipinski definition) is 2. The summed E-state index contributed by atoms with van der Waals surface area (Å²) in [5.41, 5.74) is -0.754. The molecular formula is C18H12F3NO4. The zero-order valence-corrected chi connectivity index (χ0v) is 13.1. The summed E-state index contributed by atoms with van der Waals surface area (Å²) in [7, 11) is 0. The second kappa shape index (κ2) is 6.29. The Labute approximate surface area is 145 Å². The van der Waals surface area contributed by atoms with Crippen molar-refractivity contribution in [3.63, 3.8) is 0 Å². The van der Waals surface area contributed by atoms with Crippen molar-refractivity contribution in [1.29, 1.82) is 0 Å². The maximum absolute atomic E-state index is 12.8. The van der Waals surface area contributed by atoms with Gasteiger partial charge in [0.15, 0.2) is 5.78 Å². The third-order valence-electron chi connectivity index (χ3n) is 4.17. The first-order valence-electron chi connectivity index (χ1n) is 7.56. The molecule has 0 bridgehead atoms. The number of alkyl halides is 3. The van der Waals surface area contributed by atoms with E-state index in [0.717, 1.165) is 18.2 Å². The molecule has 2 N–H and O–H groups in total. The molecule has 0 saturated carbocycles. The third kappa shape index (κ3) is 3.17. The standard InChI is InChI=1S/C18H12F3NO4/c19-18(20,21)10-4-1-3-9(7-10)14(23)8-13-11-5-2-6-12(17(25)26)15(11)22-16(13)24/h1-7,13H,8H2,(H,22,24)(H,25,26). The lowest BCUT2D eigenvalue weighted by molar-refractivity contribution is -0.137. The molecule has 1 unspecified atom stereocenters. The molecule has 0 saturated heterocycles. The van der Waals surface area contributed by atoms with Gasteiger partial charge in [-0.05, 0) is 23.8 Å². The van der Waals surface area contributed by atoms with E-state index in [1.807, 2.05) is 0 Å². The largest absolute Gasteiger partial charge is 0.478 e. The molecule has 5 nitrogen and oxygen atoms in total. The normalized spacial score (nSPS) is 16.1. The van der Waals surface area contributed by atoms with E-state index in [-0.39, 0.29) is 23.2 Å². The number of carbonyl (C=O) groups excluding carboxylic acids is 2. The van der Waals surface area contributed by atoms with Gasteiger partial charge in [0.05, 0.1) is 22.7 Å². The predicted molar refractivity (Wildman–Crippen MR) is 85.2 cm³/mol. The second-order valence-electron chi connectivity index (χ2n) is 5.82. The van der Waals surface area contributed by atoms with Crippen molar-refractivity contribution >= 4 is 23.3 Å². The average Bonchev–Trinajstić information content (AvgIpc) is 2.89. The Hall–Kier alpha value is -3.16. The predicted octanol–water partition coefficient (Wildman–Crippen LogP) is 3.71. The number of fused-ring (bicyclic) bond motifs is 1. The van der Waals surface area contributed by atoms with Crippen LogP contribution in [0, 0.1) is 0 Å². The number of carboxylic acid groups (broad SMARTS) is 1. The molecule has 1 atom stereocenters. The average molecular weight is 363 g/mol. The van der Waals surface area contributed by atoms with E-state index < -0.39 is 35.3 Å². The molecule has 134 valence electrons. The summed E-state index contributed by atoms with van der Waals surface area (Å²) >= 11 is 0. The minimum Gasteiger partial charge on any atom is -0.478 e. The summed E-state index contributed by atoms with van der Waals surface area (Å²) in [6, 6.07) is 8.25. The number of halogens is 3. The first-order valence-corrected chi connectivity index (χ1v) is 7.56. The van der Waals surface area contributed by atoms with Crippen molar-refractivity contribution in [3.05, 3.63) is 64.7 Å². The fraction of sp³-hybridized carbons (Fsp3) is 0.167. The molecule has 1 heterocycles. The Morgan fingerprint density at radius 3 is 2.46 bits per heavy atom. The zero-order chi connectivity index (χ0) is 19.1. The number of aromatic carboxylic acids is 1. The van der Waals surface area contributed by atoms with Crippen LogP contribution >= 0.6 is 0 Å². The van der Waals surface area contributed by atoms with E-state index in [9.17, 15) is 27.6 Å². The summed E-state index contributed by atoms with van der Waals surface area (Å²) in [4.78, 5) is 35.8. The van der Waals surface area contributed by atoms with Crippen molar-refractivity contribution in [2.24, 2.45) is 0 Å². The van der Waals surface area contributed by atoms with Crippen molar-refractivity contribution in [1.82, 2.24) is 0 Å². The first kappa shape index (κ1) is 17.7. The van der Waals surface area contributed by atoms with Gasteiger partial charge in [-0.25, -0.2) is 4.79 Å². The maximum atomic E-state index is 12.8. The number of hydrogen-bond acceptors (Lipinski definition) is 3. The van der Waals surface area contributed by atoms with E-state index in [1.165, 1.54) is 24.3 Å². The van der Waals surface area contributed by atoms with Gasteiger partial charge < -0.3 is 10.4 Å². The number of nitrogens with one attached hydrogen (secondary N) is 1. The van der Waals surface area contributed by atoms with Gasteiger partial charge in [0.25, 0.3) is 0 Å². The SMILES string of the molecule is O=C(CC1C(=O)Nc2c(C(=O)O)cccc21)c1cccc(C(F)(F)F)c1. The number of benzene rings is 2. The van der Waals surface area contributed by atoms with Gasteiger partial charge in [0.1, 0.15) is 0 Å². The van der Waals surface area contributed by atoms with Gasteiger partial charge in [-0.3, -0.25) is 9.59 Å². The molecule has 0 radical (unpaired) electrons. The fourth-order valence-electron chi connectivity index (χ4n) is 2.90. The number of Topliss-reactive ketones (excluding diaryl/α,β-unsaturated/α-hetero) is 1. The van der Waals surface area contributed by atoms with E-state index in [0.29, 0.717) is 5.56 Å². The molecule has 1 aliphatic rings. The lowest BCUT2D eigenvalue weighted by Crippen LogP contribution is -2.16. The summed E-state index contributed by atoms with van der Waals surface area (Å²) in [6.45, 7) is 0. The van der Waals surface area contributed by atoms with Crippen LogP contribution in [0.5, 0.6) is 0 Å². The van der Waals surface area contributed by atoms with Crippen LogP contribution in [0.1, 0.15) is 44.2 Å². The second-order valence-corrected chi connectivity index (χ2v) is 5.82. The molecule has 2 aromatic rings. The lowest BCUT2D eigenvalue weighted by atomic mass is 9.91. The minimum absolute atomic E-state index is 0.107. The Morgan fingerprint density at radius 2 is 1.81 bits per heavy atom. The van der Waals surface area contributed by atoms with Crippen LogP contribution in [-0.2, 0) is 11.0 Å². The molecule has 26 heavy (non-hydrogen) atoms. The summed E-state index contributed by atoms with van der Waals surface area (Å²) < 4.78 is 38.4. The molecule has 0 fully saturated rings. The van der Waals surface area contributed by atoms with Crippen LogP contribution in [-0.4, -0.2) is 22.8 Å². The lowest BCUT2D eigenvalue weighted by Gasteiger charge is -2.11. The van der Waals surface area contributed by atoms with Crippen LogP contribution in [0.3, 0.4) is 0 Å². The number of rotatable bonds is 4. The molecule has 3 rings (SSSR count). The first-order chi connectivity index (χ1) is 12.2. The monoisotopic (exact) mass is 363 g/mol. The molecule has 1 amide bonds. The molecule has 1 aliphatic heterocycles. The van der Waals surface area contributed by atoms with Crippen molar-refractivity contribution in [2.75, 3.05) is 5.32 Å². The van der Waals surface area contributed by atoms with Crippen molar-refractivity contribution in [3.8, 4) is 0 Å². The number of para-hydroxylation sites is 1. The number of ketones is 1. The van der Waals surface area contributed by atoms with E-state index in [1.54, 1.807) is 0 Å². The Kier molecular flexibility index (Phi) is 4.27. The zero-order valence-electron chi connectivity index (χ0n) is 13.1. The van der Waals surface area contributed by atoms with E-state index >= 15 is 0 Å². The van der Waals surface area contributed by atoms with Crippen LogP contribution < -0.4 is 5.32 Å². The number of carbonyl (C=O) groups is 3. The van der Waals surface area contributed by atoms with Gasteiger partial charge in [-0.2, -0.15) is 13.2 Å². The van der Waals surface area contributed by atoms with Gasteiger partial charge in [0, 0.05) is 12.0 Å². The van der Waals surface area contributed by atoms with E-state index in [4.69, 9.17) is 5.11 Å². The van der Waals surface area contributed by atoms with Crippen molar-refractivity contribution in [2.45, 2.75) is 18.5 Å². The van der Waals surface area contributed by atoms with Crippen LogP contribution in [0.15, 0.2) is 42.5 Å². The van der Waals surface area contributed by atoms with Gasteiger partial charge in [0.2, 0.25) is 5.91 Å². The smallest absolute Gasteiger partial charge is 0.416 e. The van der Waals surface area contributed by atoms with Crippen LogP contribution in [0.4, 0.5) is 18.9 Å². The Bertz CT molecular complexity index is 921. The Morgan fingerprint density at radius 1 is 1.12 bits per heavy atom. The van der Waals surface area contributed by atoms with Crippen molar-refractivity contribution < 1.29 is 32.7 Å². The Balaban J connectivity index is 1.89. The highest BCUT2D eigenvalue weighted by Crippen LogP contribution is 2.38. The topological polar surface area (TPSA) is 83.5 Å². The van der Waals surface area contributed by atoms with Gasteiger partial charge in [-0.15, -0.1) is 0 Å². The quantitative estimate of drug-likeness (QED) is 0.811. The molecule has 0 aromatic heterocycles. The number of amides is 1. The molecule has 0 aliphatic carbocycles. The molecule has 0 spiro atoms. The highest BCUT2D eigenvalue weighted by molar-refractivity contribution is 6.11. The van der Waals surface area contributed by atoms with Crippen LogP contribution in [0.2, 0.25) is 0 Å². The molecular weight excluding hydrogens is 351 g/mol. The highest BCUT2D eigenvalue weighted by Gasteiger charge is 2.36. The fourth-order valence-corrected chi connectivity index (χ4v) is 2.90.